The van der Waals surface area contributed by atoms with Gasteiger partial charge in [0.15, 0.2) is 11.5 Å². The van der Waals surface area contributed by atoms with Gasteiger partial charge in [-0.05, 0) is 53.4 Å². The van der Waals surface area contributed by atoms with Gasteiger partial charge in [0.25, 0.3) is 0 Å². The van der Waals surface area contributed by atoms with Crippen molar-refractivity contribution in [3.05, 3.63) is 77.0 Å². The number of ether oxygens (including phenoxy) is 3. The van der Waals surface area contributed by atoms with Crippen molar-refractivity contribution in [2.24, 2.45) is 0 Å². The SMILES string of the molecule is COc1cc2c(cc1OC)[C@@H](c1ccc(N(C)CCO)cc1)N[C@@H](c1cccnc1OC)C2. The summed E-state index contributed by atoms with van der Waals surface area (Å²) in [5, 5.41) is 13.1. The van der Waals surface area contributed by atoms with E-state index in [1.54, 1.807) is 27.5 Å². The molecular weight excluding hydrogens is 418 g/mol. The zero-order chi connectivity index (χ0) is 23.4. The summed E-state index contributed by atoms with van der Waals surface area (Å²) in [6.07, 6.45) is 2.51. The number of rotatable bonds is 8. The molecule has 33 heavy (non-hydrogen) atoms. The Balaban J connectivity index is 1.77. The van der Waals surface area contributed by atoms with Crippen molar-refractivity contribution >= 4 is 5.69 Å². The summed E-state index contributed by atoms with van der Waals surface area (Å²) in [5.41, 5.74) is 5.56. The van der Waals surface area contributed by atoms with Crippen molar-refractivity contribution in [2.75, 3.05) is 46.4 Å². The molecule has 0 saturated carbocycles. The topological polar surface area (TPSA) is 76.1 Å². The van der Waals surface area contributed by atoms with E-state index in [-0.39, 0.29) is 18.7 Å². The molecule has 0 unspecified atom stereocenters. The monoisotopic (exact) mass is 449 g/mol. The van der Waals surface area contributed by atoms with Gasteiger partial charge >= 0.3 is 0 Å². The Morgan fingerprint density at radius 3 is 2.39 bits per heavy atom. The van der Waals surface area contributed by atoms with Crippen molar-refractivity contribution < 1.29 is 19.3 Å². The molecule has 1 aliphatic heterocycles. The van der Waals surface area contributed by atoms with E-state index in [1.807, 2.05) is 18.0 Å². The molecule has 2 N–H and O–H groups in total. The van der Waals surface area contributed by atoms with Crippen molar-refractivity contribution in [2.45, 2.75) is 18.5 Å². The first-order valence-electron chi connectivity index (χ1n) is 11.0. The van der Waals surface area contributed by atoms with Crippen LogP contribution in [-0.4, -0.2) is 51.6 Å². The Bertz CT molecular complexity index is 1090. The van der Waals surface area contributed by atoms with Crippen LogP contribution in [0.5, 0.6) is 17.4 Å². The van der Waals surface area contributed by atoms with Gasteiger partial charge in [-0.15, -0.1) is 0 Å². The highest BCUT2D eigenvalue weighted by molar-refractivity contribution is 5.54. The number of fused-ring (bicyclic) bond motifs is 1. The summed E-state index contributed by atoms with van der Waals surface area (Å²) in [6, 6.07) is 16.5. The fraction of sp³-hybridized carbons (Fsp3) is 0.346. The van der Waals surface area contributed by atoms with Crippen molar-refractivity contribution in [1.29, 1.82) is 0 Å². The van der Waals surface area contributed by atoms with Crippen LogP contribution >= 0.6 is 0 Å². The largest absolute Gasteiger partial charge is 0.493 e. The molecule has 0 amide bonds. The van der Waals surface area contributed by atoms with Crippen LogP contribution in [0.15, 0.2) is 54.7 Å². The number of aromatic nitrogens is 1. The Morgan fingerprint density at radius 2 is 1.73 bits per heavy atom. The highest BCUT2D eigenvalue weighted by Crippen LogP contribution is 2.42. The number of pyridine rings is 1. The molecule has 1 aliphatic rings. The van der Waals surface area contributed by atoms with E-state index in [1.165, 1.54) is 5.56 Å². The van der Waals surface area contributed by atoms with E-state index >= 15 is 0 Å². The molecule has 0 aliphatic carbocycles. The molecule has 1 aromatic heterocycles. The average Bonchev–Trinajstić information content (AvgIpc) is 2.87. The van der Waals surface area contributed by atoms with E-state index in [9.17, 15) is 5.11 Å². The zero-order valence-electron chi connectivity index (χ0n) is 19.5. The zero-order valence-corrected chi connectivity index (χ0v) is 19.5. The van der Waals surface area contributed by atoms with Crippen LogP contribution in [-0.2, 0) is 6.42 Å². The van der Waals surface area contributed by atoms with Crippen LogP contribution in [0.25, 0.3) is 0 Å². The highest BCUT2D eigenvalue weighted by Gasteiger charge is 2.31. The molecule has 0 fully saturated rings. The van der Waals surface area contributed by atoms with Crippen LogP contribution in [0, 0.1) is 0 Å². The second kappa shape index (κ2) is 10.1. The van der Waals surface area contributed by atoms with Gasteiger partial charge in [-0.25, -0.2) is 4.98 Å². The Kier molecular flexibility index (Phi) is 7.01. The first kappa shape index (κ1) is 22.9. The molecule has 0 saturated heterocycles. The lowest BCUT2D eigenvalue weighted by Crippen LogP contribution is -2.34. The van der Waals surface area contributed by atoms with E-state index in [4.69, 9.17) is 14.2 Å². The molecule has 2 atom stereocenters. The number of anilines is 1. The lowest BCUT2D eigenvalue weighted by Gasteiger charge is -2.35. The number of benzene rings is 2. The molecule has 0 radical (unpaired) electrons. The summed E-state index contributed by atoms with van der Waals surface area (Å²) >= 11 is 0. The molecule has 4 rings (SSSR count). The van der Waals surface area contributed by atoms with Gasteiger partial charge in [0.1, 0.15) is 0 Å². The van der Waals surface area contributed by atoms with Crippen molar-refractivity contribution in [3.8, 4) is 17.4 Å². The van der Waals surface area contributed by atoms with Gasteiger partial charge in [0.05, 0.1) is 34.0 Å². The lowest BCUT2D eigenvalue weighted by molar-refractivity contribution is 0.304. The Hall–Kier alpha value is -3.29. The van der Waals surface area contributed by atoms with Gasteiger partial charge in [-0.1, -0.05) is 18.2 Å². The van der Waals surface area contributed by atoms with Crippen LogP contribution in [0.1, 0.15) is 34.3 Å². The maximum absolute atomic E-state index is 9.25. The standard InChI is InChI=1S/C26H31N3O4/c1-29(12-13-30)19-9-7-17(8-10-19)25-21-16-24(32-3)23(31-2)15-18(21)14-22(28-25)20-6-5-11-27-26(20)33-4/h5-11,15-16,22,25,28,30H,12-14H2,1-4H3/t22-,25-/m1/s1. The van der Waals surface area contributed by atoms with Gasteiger partial charge in [0, 0.05) is 37.1 Å². The smallest absolute Gasteiger partial charge is 0.217 e. The summed E-state index contributed by atoms with van der Waals surface area (Å²) in [5.74, 6) is 2.05. The number of aliphatic hydroxyl groups excluding tert-OH is 1. The summed E-state index contributed by atoms with van der Waals surface area (Å²) in [6.45, 7) is 0.704. The number of nitrogens with zero attached hydrogens (tertiary/aromatic N) is 2. The molecular formula is C26H31N3O4. The second-order valence-electron chi connectivity index (χ2n) is 8.10. The van der Waals surface area contributed by atoms with Gasteiger partial charge in [0.2, 0.25) is 5.88 Å². The third-order valence-corrected chi connectivity index (χ3v) is 6.22. The Morgan fingerprint density at radius 1 is 1.00 bits per heavy atom. The number of aliphatic hydroxyl groups is 1. The molecule has 7 nitrogen and oxygen atoms in total. The van der Waals surface area contributed by atoms with Gasteiger partial charge in [-0.2, -0.15) is 0 Å². The minimum absolute atomic E-state index is 0.0148. The summed E-state index contributed by atoms with van der Waals surface area (Å²) < 4.78 is 16.7. The summed E-state index contributed by atoms with van der Waals surface area (Å²) in [4.78, 5) is 6.43. The quantitative estimate of drug-likeness (QED) is 0.545. The molecule has 0 spiro atoms. The number of methoxy groups -OCH3 is 3. The van der Waals surface area contributed by atoms with E-state index in [0.29, 0.717) is 18.2 Å². The third-order valence-electron chi connectivity index (χ3n) is 6.22. The van der Waals surface area contributed by atoms with Gasteiger partial charge < -0.3 is 24.2 Å². The molecule has 174 valence electrons. The summed E-state index contributed by atoms with van der Waals surface area (Å²) in [7, 11) is 6.94. The third kappa shape index (κ3) is 4.60. The average molecular weight is 450 g/mol. The molecule has 7 heteroatoms. The molecule has 2 heterocycles. The van der Waals surface area contributed by atoms with Crippen molar-refractivity contribution in [1.82, 2.24) is 10.3 Å². The van der Waals surface area contributed by atoms with E-state index < -0.39 is 0 Å². The maximum Gasteiger partial charge on any atom is 0.217 e. The van der Waals surface area contributed by atoms with Gasteiger partial charge in [-0.3, -0.25) is 5.32 Å². The van der Waals surface area contributed by atoms with E-state index in [2.05, 4.69) is 52.8 Å². The molecule has 3 aromatic rings. The van der Waals surface area contributed by atoms with Crippen LogP contribution < -0.4 is 24.4 Å². The number of likely N-dealkylation sites (N-methyl/N-ethyl adjacent to an activating group) is 1. The van der Waals surface area contributed by atoms with Crippen molar-refractivity contribution in [3.63, 3.8) is 0 Å². The first-order chi connectivity index (χ1) is 16.1. The van der Waals surface area contributed by atoms with Crippen LogP contribution in [0.3, 0.4) is 0 Å². The highest BCUT2D eigenvalue weighted by atomic mass is 16.5. The fourth-order valence-corrected chi connectivity index (χ4v) is 4.47. The maximum atomic E-state index is 9.25. The predicted molar refractivity (Wildman–Crippen MR) is 129 cm³/mol. The Labute approximate surface area is 194 Å². The molecule has 2 aromatic carbocycles. The minimum Gasteiger partial charge on any atom is -0.493 e. The number of hydrogen-bond acceptors (Lipinski definition) is 7. The number of hydrogen-bond donors (Lipinski definition) is 2. The molecule has 0 bridgehead atoms. The lowest BCUT2D eigenvalue weighted by atomic mass is 9.84. The first-order valence-corrected chi connectivity index (χ1v) is 11.0. The van der Waals surface area contributed by atoms with E-state index in [0.717, 1.165) is 34.5 Å². The van der Waals surface area contributed by atoms with Crippen LogP contribution in [0.4, 0.5) is 5.69 Å². The normalized spacial score (nSPS) is 17.2. The minimum atomic E-state index is -0.0549. The predicted octanol–water partition coefficient (Wildman–Crippen LogP) is 3.51. The number of nitrogens with one attached hydrogen (secondary N) is 1. The fourth-order valence-electron chi connectivity index (χ4n) is 4.47. The second-order valence-corrected chi connectivity index (χ2v) is 8.10. The van der Waals surface area contributed by atoms with Crippen LogP contribution in [0.2, 0.25) is 0 Å².